The summed E-state index contributed by atoms with van der Waals surface area (Å²) in [4.78, 5) is 11.3. The highest BCUT2D eigenvalue weighted by atomic mass is 16.5. The lowest BCUT2D eigenvalue weighted by atomic mass is 10.1. The lowest BCUT2D eigenvalue weighted by Crippen LogP contribution is -2.07. The molecule has 1 unspecified atom stereocenters. The second-order valence-corrected chi connectivity index (χ2v) is 4.03. The molecule has 100 valence electrons. The van der Waals surface area contributed by atoms with Crippen LogP contribution < -0.4 is 4.74 Å². The summed E-state index contributed by atoms with van der Waals surface area (Å²) >= 11 is 0. The molecule has 0 aromatic heterocycles. The number of hydrogen-bond acceptors (Lipinski definition) is 3. The van der Waals surface area contributed by atoms with E-state index < -0.39 is 0 Å². The smallest absolute Gasteiger partial charge is 0.331 e. The highest BCUT2D eigenvalue weighted by Gasteiger charge is 2.03. The monoisotopic (exact) mass is 258 g/mol. The van der Waals surface area contributed by atoms with Crippen molar-refractivity contribution in [1.29, 1.82) is 0 Å². The minimum Gasteiger partial charge on any atom is -0.478 e. The molecule has 3 heteroatoms. The Morgan fingerprint density at radius 1 is 1.42 bits per heavy atom. The summed E-state index contributed by atoms with van der Waals surface area (Å²) in [6.45, 7) is 5.82. The van der Waals surface area contributed by atoms with E-state index in [1.54, 1.807) is 13.8 Å². The molecule has 1 aromatic rings. The van der Waals surface area contributed by atoms with Gasteiger partial charge in [0.1, 0.15) is 5.75 Å². The van der Waals surface area contributed by atoms with Crippen molar-refractivity contribution in [1.82, 2.24) is 0 Å². The summed E-state index contributed by atoms with van der Waals surface area (Å²) in [5, 5.41) is 0. The fraction of sp³-hybridized carbons (Fsp3) is 0.312. The van der Waals surface area contributed by atoms with Gasteiger partial charge >= 0.3 is 5.97 Å². The molecule has 0 N–H and O–H groups in total. The number of hydrogen-bond donors (Lipinski definition) is 0. The first-order valence-corrected chi connectivity index (χ1v) is 6.15. The molecule has 0 aliphatic heterocycles. The van der Waals surface area contributed by atoms with Gasteiger partial charge in [0, 0.05) is 6.08 Å². The largest absolute Gasteiger partial charge is 0.478 e. The van der Waals surface area contributed by atoms with Gasteiger partial charge in [0.2, 0.25) is 0 Å². The Bertz CT molecular complexity index is 492. The standard InChI is InChI=1S/C16H18O3/c1-5-13(4)19-15-9-7-14(8-10-15)12(3)11-16(17)18-6-2/h1,7-11,13H,6H2,2-4H3. The van der Waals surface area contributed by atoms with Crippen LogP contribution in [0.4, 0.5) is 0 Å². The first-order valence-electron chi connectivity index (χ1n) is 6.15. The molecule has 0 saturated heterocycles. The molecule has 0 aliphatic rings. The van der Waals surface area contributed by atoms with Crippen LogP contribution in [0.1, 0.15) is 26.3 Å². The van der Waals surface area contributed by atoms with Crippen LogP contribution >= 0.6 is 0 Å². The minimum absolute atomic E-state index is 0.262. The number of esters is 1. The van der Waals surface area contributed by atoms with Crippen LogP contribution in [0.3, 0.4) is 0 Å². The van der Waals surface area contributed by atoms with Crippen LogP contribution in [0.25, 0.3) is 5.57 Å². The van der Waals surface area contributed by atoms with Crippen molar-refractivity contribution in [2.45, 2.75) is 26.9 Å². The zero-order valence-electron chi connectivity index (χ0n) is 11.5. The summed E-state index contributed by atoms with van der Waals surface area (Å²) in [7, 11) is 0. The average molecular weight is 258 g/mol. The van der Waals surface area contributed by atoms with E-state index in [9.17, 15) is 4.79 Å². The Labute approximate surface area is 114 Å². The molecule has 1 rings (SSSR count). The molecular weight excluding hydrogens is 240 g/mol. The molecule has 0 bridgehead atoms. The third-order valence-electron chi connectivity index (χ3n) is 2.48. The average Bonchev–Trinajstić information content (AvgIpc) is 2.39. The molecule has 19 heavy (non-hydrogen) atoms. The zero-order chi connectivity index (χ0) is 14.3. The van der Waals surface area contributed by atoms with Crippen molar-refractivity contribution < 1.29 is 14.3 Å². The van der Waals surface area contributed by atoms with E-state index in [2.05, 4.69) is 5.92 Å². The van der Waals surface area contributed by atoms with Gasteiger partial charge in [-0.1, -0.05) is 18.1 Å². The third-order valence-corrected chi connectivity index (χ3v) is 2.48. The van der Waals surface area contributed by atoms with E-state index in [0.717, 1.165) is 11.1 Å². The van der Waals surface area contributed by atoms with Crippen molar-refractivity contribution in [3.8, 4) is 18.1 Å². The van der Waals surface area contributed by atoms with Crippen LogP contribution in [-0.4, -0.2) is 18.7 Å². The van der Waals surface area contributed by atoms with Gasteiger partial charge in [-0.2, -0.15) is 0 Å². The number of ether oxygens (including phenoxy) is 2. The third kappa shape index (κ3) is 4.89. The van der Waals surface area contributed by atoms with Crippen LogP contribution in [0.15, 0.2) is 30.3 Å². The fourth-order valence-electron chi connectivity index (χ4n) is 1.48. The molecule has 3 nitrogen and oxygen atoms in total. The van der Waals surface area contributed by atoms with Crippen molar-refractivity contribution >= 4 is 11.5 Å². The number of allylic oxidation sites excluding steroid dienone is 1. The lowest BCUT2D eigenvalue weighted by Gasteiger charge is -2.09. The zero-order valence-corrected chi connectivity index (χ0v) is 11.5. The summed E-state index contributed by atoms with van der Waals surface area (Å²) in [6.07, 6.45) is 6.46. The fourth-order valence-corrected chi connectivity index (χ4v) is 1.48. The van der Waals surface area contributed by atoms with Crippen molar-refractivity contribution in [3.63, 3.8) is 0 Å². The molecule has 0 aliphatic carbocycles. The van der Waals surface area contributed by atoms with E-state index in [1.165, 1.54) is 6.08 Å². The lowest BCUT2D eigenvalue weighted by molar-refractivity contribution is -0.137. The molecule has 0 spiro atoms. The number of carbonyl (C=O) groups excluding carboxylic acids is 1. The van der Waals surface area contributed by atoms with E-state index in [4.69, 9.17) is 15.9 Å². The Hall–Kier alpha value is -2.21. The van der Waals surface area contributed by atoms with E-state index in [-0.39, 0.29) is 12.1 Å². The molecule has 0 heterocycles. The predicted octanol–water partition coefficient (Wildman–Crippen LogP) is 3.05. The van der Waals surface area contributed by atoms with Crippen molar-refractivity contribution in [3.05, 3.63) is 35.9 Å². The molecule has 0 amide bonds. The topological polar surface area (TPSA) is 35.5 Å². The van der Waals surface area contributed by atoms with Gasteiger partial charge in [0.05, 0.1) is 6.61 Å². The normalized spacial score (nSPS) is 12.4. The Morgan fingerprint density at radius 2 is 2.05 bits per heavy atom. The number of carbonyl (C=O) groups is 1. The number of benzene rings is 1. The van der Waals surface area contributed by atoms with E-state index in [0.29, 0.717) is 12.4 Å². The first-order chi connectivity index (χ1) is 9.06. The van der Waals surface area contributed by atoms with Gasteiger partial charge in [0.25, 0.3) is 0 Å². The maximum Gasteiger partial charge on any atom is 0.331 e. The Morgan fingerprint density at radius 3 is 2.58 bits per heavy atom. The Balaban J connectivity index is 2.76. The molecule has 0 radical (unpaired) electrons. The van der Waals surface area contributed by atoms with E-state index >= 15 is 0 Å². The highest BCUT2D eigenvalue weighted by Crippen LogP contribution is 2.19. The molecular formula is C16H18O3. The summed E-state index contributed by atoms with van der Waals surface area (Å²) in [5.74, 6) is 2.87. The maximum absolute atomic E-state index is 11.3. The van der Waals surface area contributed by atoms with Crippen LogP contribution in [-0.2, 0) is 9.53 Å². The molecule has 1 atom stereocenters. The quantitative estimate of drug-likeness (QED) is 0.462. The minimum atomic E-state index is -0.332. The van der Waals surface area contributed by atoms with Gasteiger partial charge in [-0.25, -0.2) is 4.79 Å². The van der Waals surface area contributed by atoms with Crippen molar-refractivity contribution in [2.75, 3.05) is 6.61 Å². The summed E-state index contributed by atoms with van der Waals surface area (Å²) in [5.41, 5.74) is 1.78. The first kappa shape index (κ1) is 14.8. The van der Waals surface area contributed by atoms with Gasteiger partial charge < -0.3 is 9.47 Å². The molecule has 1 aromatic carbocycles. The van der Waals surface area contributed by atoms with E-state index in [1.807, 2.05) is 31.2 Å². The van der Waals surface area contributed by atoms with Gasteiger partial charge in [-0.3, -0.25) is 0 Å². The SMILES string of the molecule is C#CC(C)Oc1ccc(C(C)=CC(=O)OCC)cc1. The van der Waals surface area contributed by atoms with Gasteiger partial charge in [0.15, 0.2) is 6.10 Å². The maximum atomic E-state index is 11.3. The second kappa shape index (κ2) is 7.27. The summed E-state index contributed by atoms with van der Waals surface area (Å²) < 4.78 is 10.3. The second-order valence-electron chi connectivity index (χ2n) is 4.03. The van der Waals surface area contributed by atoms with Crippen LogP contribution in [0, 0.1) is 12.3 Å². The van der Waals surface area contributed by atoms with Gasteiger partial charge in [-0.05, 0) is 44.0 Å². The predicted molar refractivity (Wildman–Crippen MR) is 75.6 cm³/mol. The molecule has 0 fully saturated rings. The summed E-state index contributed by atoms with van der Waals surface area (Å²) in [6, 6.07) is 7.41. The number of terminal acetylenes is 1. The molecule has 0 saturated carbocycles. The van der Waals surface area contributed by atoms with Crippen LogP contribution in [0.5, 0.6) is 5.75 Å². The van der Waals surface area contributed by atoms with Gasteiger partial charge in [-0.15, -0.1) is 6.42 Å². The van der Waals surface area contributed by atoms with Crippen LogP contribution in [0.2, 0.25) is 0 Å². The number of rotatable bonds is 5. The Kier molecular flexibility index (Phi) is 5.69. The van der Waals surface area contributed by atoms with Crippen molar-refractivity contribution in [2.24, 2.45) is 0 Å². The highest BCUT2D eigenvalue weighted by molar-refractivity contribution is 5.90.